The summed E-state index contributed by atoms with van der Waals surface area (Å²) in [5.74, 6) is -0.156. The van der Waals surface area contributed by atoms with Gasteiger partial charge in [0.1, 0.15) is 17.6 Å². The molecule has 0 spiro atoms. The molecule has 1 aromatic carbocycles. The van der Waals surface area contributed by atoms with E-state index in [1.165, 1.54) is 22.0 Å². The highest BCUT2D eigenvalue weighted by atomic mass is 19.1. The van der Waals surface area contributed by atoms with Gasteiger partial charge in [-0.05, 0) is 29.5 Å². The van der Waals surface area contributed by atoms with Crippen LogP contribution >= 0.6 is 0 Å². The Labute approximate surface area is 164 Å². The van der Waals surface area contributed by atoms with Crippen molar-refractivity contribution in [3.63, 3.8) is 0 Å². The summed E-state index contributed by atoms with van der Waals surface area (Å²) in [6.07, 6.45) is 0.291. The van der Waals surface area contributed by atoms with Gasteiger partial charge in [-0.15, -0.1) is 10.2 Å². The first-order valence-corrected chi connectivity index (χ1v) is 8.92. The average Bonchev–Trinajstić information content (AvgIpc) is 3.35. The normalized spacial score (nSPS) is 16.3. The second-order valence-corrected chi connectivity index (χ2v) is 6.39. The van der Waals surface area contributed by atoms with Crippen molar-refractivity contribution in [1.29, 1.82) is 0 Å². The third-order valence-electron chi connectivity index (χ3n) is 4.43. The van der Waals surface area contributed by atoms with Crippen LogP contribution in [0.25, 0.3) is 22.6 Å². The number of hydrogen-bond donors (Lipinski definition) is 2. The van der Waals surface area contributed by atoms with Gasteiger partial charge in [0.2, 0.25) is 5.82 Å². The van der Waals surface area contributed by atoms with E-state index in [-0.39, 0.29) is 13.2 Å². The van der Waals surface area contributed by atoms with Crippen molar-refractivity contribution < 1.29 is 19.0 Å². The zero-order valence-corrected chi connectivity index (χ0v) is 15.3. The fourth-order valence-corrected chi connectivity index (χ4v) is 2.97. The summed E-state index contributed by atoms with van der Waals surface area (Å²) in [7, 11) is 0. The van der Waals surface area contributed by atoms with Crippen LogP contribution in [0.1, 0.15) is 0 Å². The predicted octanol–water partition coefficient (Wildman–Crippen LogP) is 0.817. The van der Waals surface area contributed by atoms with Crippen molar-refractivity contribution in [3.8, 4) is 22.6 Å². The van der Waals surface area contributed by atoms with E-state index in [9.17, 15) is 9.18 Å². The molecule has 10 nitrogen and oxygen atoms in total. The van der Waals surface area contributed by atoms with Crippen molar-refractivity contribution in [2.45, 2.75) is 12.6 Å². The number of aromatic nitrogens is 5. The number of aliphatic hydroxyl groups is 1. The number of halogens is 1. The summed E-state index contributed by atoms with van der Waals surface area (Å²) in [5, 5.41) is 21.1. The molecule has 2 aromatic heterocycles. The quantitative estimate of drug-likeness (QED) is 0.622. The Morgan fingerprint density at radius 1 is 1.31 bits per heavy atom. The Bertz CT molecular complexity index is 1020. The maximum absolute atomic E-state index is 14.7. The molecule has 1 aliphatic heterocycles. The highest BCUT2D eigenvalue weighted by Gasteiger charge is 2.32. The molecule has 150 valence electrons. The van der Waals surface area contributed by atoms with E-state index in [0.29, 0.717) is 41.4 Å². The van der Waals surface area contributed by atoms with Gasteiger partial charge in [0.05, 0.1) is 25.4 Å². The number of nitrogens with zero attached hydrogens (tertiary/aromatic N) is 6. The van der Waals surface area contributed by atoms with E-state index >= 15 is 0 Å². The Hall–Kier alpha value is -3.44. The molecule has 0 bridgehead atoms. The smallest absolute Gasteiger partial charge is 0.414 e. The van der Waals surface area contributed by atoms with Crippen molar-refractivity contribution in [1.82, 2.24) is 25.2 Å². The molecule has 1 unspecified atom stereocenters. The Morgan fingerprint density at radius 3 is 2.83 bits per heavy atom. The van der Waals surface area contributed by atoms with Gasteiger partial charge in [-0.3, -0.25) is 9.88 Å². The Balaban J connectivity index is 1.54. The second-order valence-electron chi connectivity index (χ2n) is 6.39. The summed E-state index contributed by atoms with van der Waals surface area (Å²) in [6, 6.07) is 7.82. The largest absolute Gasteiger partial charge is 0.441 e. The number of pyridine rings is 1. The summed E-state index contributed by atoms with van der Waals surface area (Å²) in [5.41, 5.74) is 7.21. The lowest BCUT2D eigenvalue weighted by molar-refractivity contribution is 0.0963. The highest BCUT2D eigenvalue weighted by Crippen LogP contribution is 2.29. The summed E-state index contributed by atoms with van der Waals surface area (Å²) < 4.78 is 19.7. The van der Waals surface area contributed by atoms with Gasteiger partial charge in [-0.1, -0.05) is 6.07 Å². The second kappa shape index (κ2) is 7.89. The maximum Gasteiger partial charge on any atom is 0.414 e. The minimum atomic E-state index is -0.614. The fraction of sp³-hybridized carbons (Fsp3) is 0.278. The fourth-order valence-electron chi connectivity index (χ4n) is 2.97. The van der Waals surface area contributed by atoms with Crippen LogP contribution in [0.3, 0.4) is 0 Å². The first-order chi connectivity index (χ1) is 14.1. The standard InChI is InChI=1S/C18H18FN7O3/c19-15-7-12(25-9-13(10-27)29-18(25)28)2-3-14(15)11-1-4-16(21-8-11)17-22-24-26(23-17)6-5-20/h1-4,7-8,13,27H,5-6,9-10,20H2. The van der Waals surface area contributed by atoms with Gasteiger partial charge in [-0.25, -0.2) is 9.18 Å². The summed E-state index contributed by atoms with van der Waals surface area (Å²) >= 11 is 0. The molecule has 1 aliphatic rings. The number of carbonyl (C=O) groups is 1. The molecule has 1 atom stereocenters. The maximum atomic E-state index is 14.7. The molecule has 29 heavy (non-hydrogen) atoms. The number of aliphatic hydroxyl groups excluding tert-OH is 1. The molecule has 11 heteroatoms. The Kier molecular flexibility index (Phi) is 5.14. The third-order valence-corrected chi connectivity index (χ3v) is 4.43. The molecule has 0 aliphatic carbocycles. The van der Waals surface area contributed by atoms with E-state index in [0.717, 1.165) is 0 Å². The first kappa shape index (κ1) is 18.9. The number of anilines is 1. The van der Waals surface area contributed by atoms with E-state index < -0.39 is 18.0 Å². The first-order valence-electron chi connectivity index (χ1n) is 8.92. The minimum absolute atomic E-state index is 0.169. The van der Waals surface area contributed by atoms with Crippen molar-refractivity contribution in [2.24, 2.45) is 5.73 Å². The molecule has 3 heterocycles. The number of ether oxygens (including phenoxy) is 1. The zero-order chi connectivity index (χ0) is 20.4. The number of rotatable bonds is 6. The number of nitrogens with two attached hydrogens (primary N) is 1. The molecule has 0 radical (unpaired) electrons. The molecule has 4 rings (SSSR count). The lowest BCUT2D eigenvalue weighted by Crippen LogP contribution is -2.25. The van der Waals surface area contributed by atoms with E-state index in [1.807, 2.05) is 0 Å². The van der Waals surface area contributed by atoms with Gasteiger partial charge in [0.25, 0.3) is 0 Å². The van der Waals surface area contributed by atoms with Crippen LogP contribution in [0.5, 0.6) is 0 Å². The van der Waals surface area contributed by atoms with E-state index in [2.05, 4.69) is 20.4 Å². The van der Waals surface area contributed by atoms with Crippen LogP contribution in [0.4, 0.5) is 14.9 Å². The monoisotopic (exact) mass is 399 g/mol. The number of tetrazole rings is 1. The van der Waals surface area contributed by atoms with Gasteiger partial charge in [-0.2, -0.15) is 4.80 Å². The average molecular weight is 399 g/mol. The number of cyclic esters (lactones) is 1. The molecule has 1 amide bonds. The molecule has 1 fully saturated rings. The number of benzene rings is 1. The lowest BCUT2D eigenvalue weighted by atomic mass is 10.1. The van der Waals surface area contributed by atoms with Crippen LogP contribution in [0, 0.1) is 5.82 Å². The van der Waals surface area contributed by atoms with Crippen LogP contribution in [-0.2, 0) is 11.3 Å². The zero-order valence-electron chi connectivity index (χ0n) is 15.3. The molecule has 3 aromatic rings. The van der Waals surface area contributed by atoms with Crippen LogP contribution < -0.4 is 10.6 Å². The van der Waals surface area contributed by atoms with Gasteiger partial charge < -0.3 is 15.6 Å². The SMILES string of the molecule is NCCn1nnc(-c2ccc(-c3ccc(N4CC(CO)OC4=O)cc3F)cn2)n1. The van der Waals surface area contributed by atoms with Gasteiger partial charge >= 0.3 is 6.09 Å². The minimum Gasteiger partial charge on any atom is -0.441 e. The van der Waals surface area contributed by atoms with Gasteiger partial charge in [0.15, 0.2) is 0 Å². The lowest BCUT2D eigenvalue weighted by Gasteiger charge is -2.14. The number of amides is 1. The summed E-state index contributed by atoms with van der Waals surface area (Å²) in [6.45, 7) is 0.734. The van der Waals surface area contributed by atoms with Crippen molar-refractivity contribution >= 4 is 11.8 Å². The van der Waals surface area contributed by atoms with Crippen molar-refractivity contribution in [2.75, 3.05) is 24.6 Å². The third kappa shape index (κ3) is 3.77. The van der Waals surface area contributed by atoms with Gasteiger partial charge in [0, 0.05) is 23.9 Å². The van der Waals surface area contributed by atoms with Crippen LogP contribution in [-0.4, -0.2) is 62.2 Å². The predicted molar refractivity (Wildman–Crippen MR) is 100 cm³/mol. The molecule has 0 saturated carbocycles. The van der Waals surface area contributed by atoms with Crippen molar-refractivity contribution in [3.05, 3.63) is 42.3 Å². The Morgan fingerprint density at radius 2 is 2.17 bits per heavy atom. The molecular formula is C18H18FN7O3. The molecule has 1 saturated heterocycles. The van der Waals surface area contributed by atoms with E-state index in [4.69, 9.17) is 15.6 Å². The number of carbonyl (C=O) groups excluding carboxylic acids is 1. The van der Waals surface area contributed by atoms with Crippen LogP contribution in [0.2, 0.25) is 0 Å². The van der Waals surface area contributed by atoms with E-state index in [1.54, 1.807) is 24.3 Å². The summed E-state index contributed by atoms with van der Waals surface area (Å²) in [4.78, 5) is 18.8. The molecular weight excluding hydrogens is 381 g/mol. The topological polar surface area (TPSA) is 132 Å². The highest BCUT2D eigenvalue weighted by molar-refractivity contribution is 5.90. The molecule has 3 N–H and O–H groups in total. The van der Waals surface area contributed by atoms with Crippen LogP contribution in [0.15, 0.2) is 36.5 Å². The number of hydrogen-bond acceptors (Lipinski definition) is 8.